The molecule has 1 aromatic rings. The zero-order valence-corrected chi connectivity index (χ0v) is 13.6. The number of fused-ring (bicyclic) bond motifs is 1. The molecule has 0 saturated carbocycles. The summed E-state index contributed by atoms with van der Waals surface area (Å²) in [4.78, 5) is 23.7. The number of amides is 1. The molecular formula is C17H23NO5. The van der Waals surface area contributed by atoms with E-state index in [9.17, 15) is 9.59 Å². The Labute approximate surface area is 136 Å². The Morgan fingerprint density at radius 3 is 2.78 bits per heavy atom. The van der Waals surface area contributed by atoms with E-state index in [-0.39, 0.29) is 25.1 Å². The minimum absolute atomic E-state index is 0.0648. The largest absolute Gasteiger partial charge is 0.469 e. The smallest absolute Gasteiger partial charge is 0.307 e. The van der Waals surface area contributed by atoms with Crippen molar-refractivity contribution < 1.29 is 23.8 Å². The van der Waals surface area contributed by atoms with Crippen molar-refractivity contribution in [1.29, 1.82) is 0 Å². The molecule has 0 aliphatic carbocycles. The van der Waals surface area contributed by atoms with Crippen molar-refractivity contribution in [1.82, 2.24) is 5.32 Å². The molecule has 2 rings (SSSR count). The van der Waals surface area contributed by atoms with E-state index in [1.54, 1.807) is 12.1 Å². The Hall–Kier alpha value is -2.24. The number of unbranched alkanes of at least 4 members (excludes halogenated alkanes) is 2. The highest BCUT2D eigenvalue weighted by Gasteiger charge is 2.22. The fourth-order valence-corrected chi connectivity index (χ4v) is 2.43. The van der Waals surface area contributed by atoms with Crippen molar-refractivity contribution in [3.05, 3.63) is 23.8 Å². The van der Waals surface area contributed by atoms with Crippen LogP contribution in [0, 0.1) is 0 Å². The van der Waals surface area contributed by atoms with E-state index in [0.29, 0.717) is 17.9 Å². The van der Waals surface area contributed by atoms with Crippen molar-refractivity contribution in [3.63, 3.8) is 0 Å². The topological polar surface area (TPSA) is 73.9 Å². The van der Waals surface area contributed by atoms with Crippen LogP contribution in [0.25, 0.3) is 0 Å². The molecule has 23 heavy (non-hydrogen) atoms. The first-order valence-electron chi connectivity index (χ1n) is 7.89. The summed E-state index contributed by atoms with van der Waals surface area (Å²) < 4.78 is 15.4. The maximum Gasteiger partial charge on any atom is 0.307 e. The van der Waals surface area contributed by atoms with Gasteiger partial charge in [0.05, 0.1) is 19.6 Å². The van der Waals surface area contributed by atoms with Crippen molar-refractivity contribution in [2.45, 2.75) is 45.1 Å². The molecule has 6 heteroatoms. The van der Waals surface area contributed by atoms with Crippen LogP contribution in [0.3, 0.4) is 0 Å². The molecule has 0 fully saturated rings. The molecule has 1 aliphatic heterocycles. The molecule has 0 saturated heterocycles. The molecule has 1 heterocycles. The van der Waals surface area contributed by atoms with Gasteiger partial charge in [-0.3, -0.25) is 9.59 Å². The lowest BCUT2D eigenvalue weighted by molar-refractivity contribution is -0.141. The van der Waals surface area contributed by atoms with Gasteiger partial charge in [0.2, 0.25) is 12.7 Å². The number of methoxy groups -OCH3 is 1. The maximum atomic E-state index is 12.1. The van der Waals surface area contributed by atoms with Gasteiger partial charge in [-0.2, -0.15) is 0 Å². The molecule has 1 amide bonds. The first kappa shape index (κ1) is 17.1. The van der Waals surface area contributed by atoms with Gasteiger partial charge in [-0.05, 0) is 24.1 Å². The van der Waals surface area contributed by atoms with E-state index >= 15 is 0 Å². The predicted molar refractivity (Wildman–Crippen MR) is 84.2 cm³/mol. The van der Waals surface area contributed by atoms with Gasteiger partial charge >= 0.3 is 5.97 Å². The van der Waals surface area contributed by atoms with E-state index in [1.165, 1.54) is 7.11 Å². The van der Waals surface area contributed by atoms with Gasteiger partial charge in [0.25, 0.3) is 0 Å². The molecule has 126 valence electrons. The molecule has 1 atom stereocenters. The number of benzene rings is 1. The van der Waals surface area contributed by atoms with Gasteiger partial charge in [-0.25, -0.2) is 0 Å². The summed E-state index contributed by atoms with van der Waals surface area (Å²) in [6, 6.07) is 4.96. The van der Waals surface area contributed by atoms with Gasteiger partial charge in [0, 0.05) is 6.42 Å². The standard InChI is InChI=1S/C17H23NO5/c1-3-4-5-6-16(19)18-13(10-17(20)21-2)12-7-8-14-15(9-12)23-11-22-14/h7-9,13H,3-6,10-11H2,1-2H3,(H,18,19). The van der Waals surface area contributed by atoms with Crippen LogP contribution in [0.5, 0.6) is 11.5 Å². The highest BCUT2D eigenvalue weighted by molar-refractivity contribution is 5.78. The van der Waals surface area contributed by atoms with Crippen LogP contribution >= 0.6 is 0 Å². The first-order chi connectivity index (χ1) is 11.1. The third-order valence-corrected chi connectivity index (χ3v) is 3.74. The van der Waals surface area contributed by atoms with E-state index in [2.05, 4.69) is 12.2 Å². The number of hydrogen-bond acceptors (Lipinski definition) is 5. The number of carbonyl (C=O) groups is 2. The lowest BCUT2D eigenvalue weighted by Crippen LogP contribution is -2.30. The van der Waals surface area contributed by atoms with E-state index in [4.69, 9.17) is 14.2 Å². The van der Waals surface area contributed by atoms with Crippen LogP contribution in [-0.4, -0.2) is 25.8 Å². The minimum atomic E-state index is -0.439. The van der Waals surface area contributed by atoms with E-state index in [1.807, 2.05) is 6.07 Å². The normalized spacial score (nSPS) is 13.5. The maximum absolute atomic E-state index is 12.1. The second-order valence-corrected chi connectivity index (χ2v) is 5.47. The second kappa shape index (κ2) is 8.41. The highest BCUT2D eigenvalue weighted by Crippen LogP contribution is 2.34. The van der Waals surface area contributed by atoms with Gasteiger partial charge in [0.1, 0.15) is 0 Å². The fraction of sp³-hybridized carbons (Fsp3) is 0.529. The van der Waals surface area contributed by atoms with Crippen molar-refractivity contribution in [2.75, 3.05) is 13.9 Å². The van der Waals surface area contributed by atoms with Gasteiger partial charge in [-0.15, -0.1) is 0 Å². The molecule has 0 aromatic heterocycles. The van der Waals surface area contributed by atoms with Crippen LogP contribution < -0.4 is 14.8 Å². The summed E-state index contributed by atoms with van der Waals surface area (Å²) >= 11 is 0. The quantitative estimate of drug-likeness (QED) is 0.588. The Morgan fingerprint density at radius 1 is 1.26 bits per heavy atom. The number of ether oxygens (including phenoxy) is 3. The minimum Gasteiger partial charge on any atom is -0.469 e. The van der Waals surface area contributed by atoms with Crippen LogP contribution in [0.15, 0.2) is 18.2 Å². The number of esters is 1. The fourth-order valence-electron chi connectivity index (χ4n) is 2.43. The van der Waals surface area contributed by atoms with Crippen LogP contribution in [0.4, 0.5) is 0 Å². The lowest BCUT2D eigenvalue weighted by Gasteiger charge is -2.18. The molecular weight excluding hydrogens is 298 g/mol. The SMILES string of the molecule is CCCCCC(=O)NC(CC(=O)OC)c1ccc2c(c1)OCO2. The zero-order chi connectivity index (χ0) is 16.7. The van der Waals surface area contributed by atoms with Crippen LogP contribution in [0.1, 0.15) is 50.6 Å². The summed E-state index contributed by atoms with van der Waals surface area (Å²) in [5, 5.41) is 2.91. The molecule has 1 unspecified atom stereocenters. The molecule has 0 bridgehead atoms. The van der Waals surface area contributed by atoms with Gasteiger partial charge < -0.3 is 19.5 Å². The lowest BCUT2D eigenvalue weighted by atomic mass is 10.0. The molecule has 0 radical (unpaired) electrons. The molecule has 1 N–H and O–H groups in total. The van der Waals surface area contributed by atoms with Gasteiger partial charge in [0.15, 0.2) is 11.5 Å². The summed E-state index contributed by atoms with van der Waals surface area (Å²) in [5.74, 6) is 0.851. The predicted octanol–water partition coefficient (Wildman–Crippen LogP) is 2.72. The van der Waals surface area contributed by atoms with Crippen LogP contribution in [-0.2, 0) is 14.3 Å². The monoisotopic (exact) mass is 321 g/mol. The molecule has 1 aromatic carbocycles. The molecule has 1 aliphatic rings. The Balaban J connectivity index is 2.07. The average molecular weight is 321 g/mol. The molecule has 6 nitrogen and oxygen atoms in total. The van der Waals surface area contributed by atoms with Crippen molar-refractivity contribution >= 4 is 11.9 Å². The van der Waals surface area contributed by atoms with Crippen LogP contribution in [0.2, 0.25) is 0 Å². The van der Waals surface area contributed by atoms with Crippen molar-refractivity contribution in [3.8, 4) is 11.5 Å². The van der Waals surface area contributed by atoms with E-state index in [0.717, 1.165) is 24.8 Å². The summed E-state index contributed by atoms with van der Waals surface area (Å²) in [5.41, 5.74) is 0.795. The Bertz CT molecular complexity index is 558. The summed E-state index contributed by atoms with van der Waals surface area (Å²) in [7, 11) is 1.34. The van der Waals surface area contributed by atoms with Crippen molar-refractivity contribution in [2.24, 2.45) is 0 Å². The number of nitrogens with one attached hydrogen (secondary N) is 1. The third-order valence-electron chi connectivity index (χ3n) is 3.74. The average Bonchev–Trinajstić information content (AvgIpc) is 3.01. The number of rotatable bonds is 8. The third kappa shape index (κ3) is 4.87. The Morgan fingerprint density at radius 2 is 2.04 bits per heavy atom. The van der Waals surface area contributed by atoms with E-state index < -0.39 is 6.04 Å². The summed E-state index contributed by atoms with van der Waals surface area (Å²) in [6.45, 7) is 2.27. The molecule has 0 spiro atoms. The Kier molecular flexibility index (Phi) is 6.26. The number of hydrogen-bond donors (Lipinski definition) is 1. The van der Waals surface area contributed by atoms with Gasteiger partial charge in [-0.1, -0.05) is 25.8 Å². The number of carbonyl (C=O) groups excluding carboxylic acids is 2. The summed E-state index contributed by atoms with van der Waals surface area (Å²) in [6.07, 6.45) is 3.44. The highest BCUT2D eigenvalue weighted by atomic mass is 16.7. The zero-order valence-electron chi connectivity index (χ0n) is 13.6. The first-order valence-corrected chi connectivity index (χ1v) is 7.89. The second-order valence-electron chi connectivity index (χ2n) is 5.47.